The Balaban J connectivity index is 1.99. The normalized spacial score (nSPS) is 10.2. The Morgan fingerprint density at radius 1 is 1.47 bits per heavy atom. The molecule has 0 aliphatic heterocycles. The SMILES string of the molecule is Cn1cc(C(=O)OCc2ccccc2Cl)cn1. The van der Waals surface area contributed by atoms with Crippen LogP contribution in [0.15, 0.2) is 36.7 Å². The minimum atomic E-state index is -0.405. The summed E-state index contributed by atoms with van der Waals surface area (Å²) in [5.74, 6) is -0.405. The third kappa shape index (κ3) is 2.85. The molecule has 5 heteroatoms. The van der Waals surface area contributed by atoms with Gasteiger partial charge in [0.1, 0.15) is 6.61 Å². The molecule has 2 rings (SSSR count). The first-order valence-electron chi connectivity index (χ1n) is 5.06. The van der Waals surface area contributed by atoms with Crippen molar-refractivity contribution in [3.8, 4) is 0 Å². The van der Waals surface area contributed by atoms with Gasteiger partial charge in [-0.2, -0.15) is 5.10 Å². The number of hydrogen-bond donors (Lipinski definition) is 0. The first kappa shape index (κ1) is 11.7. The summed E-state index contributed by atoms with van der Waals surface area (Å²) < 4.78 is 6.68. The maximum atomic E-state index is 11.6. The molecule has 0 aliphatic rings. The molecule has 0 aliphatic carbocycles. The number of carbonyl (C=O) groups is 1. The van der Waals surface area contributed by atoms with Crippen LogP contribution in [0.3, 0.4) is 0 Å². The number of aryl methyl sites for hydroxylation is 1. The lowest BCUT2D eigenvalue weighted by molar-refractivity contribution is 0.0473. The van der Waals surface area contributed by atoms with Crippen LogP contribution in [0, 0.1) is 0 Å². The molecular weight excluding hydrogens is 240 g/mol. The Bertz CT molecular complexity index is 537. The van der Waals surface area contributed by atoms with Crippen molar-refractivity contribution in [3.05, 3.63) is 52.8 Å². The maximum absolute atomic E-state index is 11.6. The maximum Gasteiger partial charge on any atom is 0.341 e. The van der Waals surface area contributed by atoms with Crippen LogP contribution in [0.5, 0.6) is 0 Å². The van der Waals surface area contributed by atoms with Gasteiger partial charge < -0.3 is 4.74 Å². The van der Waals surface area contributed by atoms with Crippen molar-refractivity contribution in [1.82, 2.24) is 9.78 Å². The van der Waals surface area contributed by atoms with Crippen LogP contribution in [0.4, 0.5) is 0 Å². The molecule has 0 saturated heterocycles. The summed E-state index contributed by atoms with van der Waals surface area (Å²) in [6, 6.07) is 7.25. The molecule has 88 valence electrons. The molecule has 1 aromatic heterocycles. The first-order chi connectivity index (χ1) is 8.16. The number of ether oxygens (including phenoxy) is 1. The van der Waals surface area contributed by atoms with Gasteiger partial charge in [0.15, 0.2) is 0 Å². The zero-order valence-electron chi connectivity index (χ0n) is 9.26. The largest absolute Gasteiger partial charge is 0.457 e. The van der Waals surface area contributed by atoms with E-state index in [0.717, 1.165) is 5.56 Å². The number of hydrogen-bond acceptors (Lipinski definition) is 3. The van der Waals surface area contributed by atoms with Crippen LogP contribution in [0.2, 0.25) is 5.02 Å². The van der Waals surface area contributed by atoms with Gasteiger partial charge in [-0.25, -0.2) is 4.79 Å². The Labute approximate surface area is 104 Å². The number of esters is 1. The van der Waals surface area contributed by atoms with E-state index in [4.69, 9.17) is 16.3 Å². The average molecular weight is 251 g/mol. The molecule has 0 atom stereocenters. The van der Waals surface area contributed by atoms with Gasteiger partial charge in [-0.05, 0) is 6.07 Å². The molecule has 4 nitrogen and oxygen atoms in total. The number of nitrogens with zero attached hydrogens (tertiary/aromatic N) is 2. The second-order valence-electron chi connectivity index (χ2n) is 3.57. The predicted octanol–water partition coefficient (Wildman–Crippen LogP) is 2.43. The summed E-state index contributed by atoms with van der Waals surface area (Å²) >= 11 is 5.95. The predicted molar refractivity (Wildman–Crippen MR) is 63.8 cm³/mol. The van der Waals surface area contributed by atoms with Crippen molar-refractivity contribution in [1.29, 1.82) is 0 Å². The quantitative estimate of drug-likeness (QED) is 0.786. The van der Waals surface area contributed by atoms with Gasteiger partial charge in [0.25, 0.3) is 0 Å². The fourth-order valence-corrected chi connectivity index (χ4v) is 1.56. The van der Waals surface area contributed by atoms with Crippen LogP contribution < -0.4 is 0 Å². The Morgan fingerprint density at radius 3 is 2.88 bits per heavy atom. The van der Waals surface area contributed by atoms with E-state index in [2.05, 4.69) is 5.10 Å². The highest BCUT2D eigenvalue weighted by atomic mass is 35.5. The van der Waals surface area contributed by atoms with E-state index in [9.17, 15) is 4.79 Å². The Kier molecular flexibility index (Phi) is 3.44. The molecule has 0 unspecified atom stereocenters. The van der Waals surface area contributed by atoms with Crippen LogP contribution in [0.25, 0.3) is 0 Å². The van der Waals surface area contributed by atoms with Gasteiger partial charge in [0.05, 0.1) is 11.8 Å². The van der Waals surface area contributed by atoms with Gasteiger partial charge in [0, 0.05) is 23.8 Å². The second kappa shape index (κ2) is 5.01. The summed E-state index contributed by atoms with van der Waals surface area (Å²) in [6.45, 7) is 0.160. The molecule has 1 heterocycles. The standard InChI is InChI=1S/C12H11ClN2O2/c1-15-7-10(6-14-15)12(16)17-8-9-4-2-3-5-11(9)13/h2-7H,8H2,1H3. The number of benzene rings is 1. The summed E-state index contributed by atoms with van der Waals surface area (Å²) in [7, 11) is 1.74. The van der Waals surface area contributed by atoms with E-state index in [1.807, 2.05) is 18.2 Å². The molecule has 17 heavy (non-hydrogen) atoms. The highest BCUT2D eigenvalue weighted by Gasteiger charge is 2.10. The average Bonchev–Trinajstić information content (AvgIpc) is 2.74. The number of carbonyl (C=O) groups excluding carboxylic acids is 1. The van der Waals surface area contributed by atoms with Crippen molar-refractivity contribution < 1.29 is 9.53 Å². The minimum Gasteiger partial charge on any atom is -0.457 e. The summed E-state index contributed by atoms with van der Waals surface area (Å²) in [5.41, 5.74) is 1.21. The van der Waals surface area contributed by atoms with Crippen LogP contribution in [-0.4, -0.2) is 15.7 Å². The van der Waals surface area contributed by atoms with Gasteiger partial charge in [-0.1, -0.05) is 29.8 Å². The number of halogens is 1. The molecule has 0 amide bonds. The zero-order chi connectivity index (χ0) is 12.3. The minimum absolute atomic E-state index is 0.160. The van der Waals surface area contributed by atoms with Gasteiger partial charge in [-0.15, -0.1) is 0 Å². The third-order valence-corrected chi connectivity index (χ3v) is 2.63. The van der Waals surface area contributed by atoms with Crippen LogP contribution in [0.1, 0.15) is 15.9 Å². The van der Waals surface area contributed by atoms with Gasteiger partial charge in [0.2, 0.25) is 0 Å². The summed E-state index contributed by atoms with van der Waals surface area (Å²) in [4.78, 5) is 11.6. The Morgan fingerprint density at radius 2 is 2.24 bits per heavy atom. The van der Waals surface area contributed by atoms with Crippen molar-refractivity contribution in [2.75, 3.05) is 0 Å². The highest BCUT2D eigenvalue weighted by Crippen LogP contribution is 2.16. The molecule has 0 fully saturated rings. The van der Waals surface area contributed by atoms with Gasteiger partial charge >= 0.3 is 5.97 Å². The molecule has 2 aromatic rings. The van der Waals surface area contributed by atoms with Crippen molar-refractivity contribution >= 4 is 17.6 Å². The van der Waals surface area contributed by atoms with Crippen LogP contribution in [-0.2, 0) is 18.4 Å². The van der Waals surface area contributed by atoms with E-state index in [0.29, 0.717) is 10.6 Å². The zero-order valence-corrected chi connectivity index (χ0v) is 10.0. The molecule has 1 aromatic carbocycles. The third-order valence-electron chi connectivity index (χ3n) is 2.26. The highest BCUT2D eigenvalue weighted by molar-refractivity contribution is 6.31. The molecule has 0 N–H and O–H groups in total. The molecular formula is C12H11ClN2O2. The Hall–Kier alpha value is -1.81. The second-order valence-corrected chi connectivity index (χ2v) is 3.98. The molecule has 0 radical (unpaired) electrons. The van der Waals surface area contributed by atoms with Crippen LogP contribution >= 0.6 is 11.6 Å². The molecule has 0 bridgehead atoms. The fourth-order valence-electron chi connectivity index (χ4n) is 1.37. The van der Waals surface area contributed by atoms with Crippen molar-refractivity contribution in [2.45, 2.75) is 6.61 Å². The smallest absolute Gasteiger partial charge is 0.341 e. The van der Waals surface area contributed by atoms with Crippen molar-refractivity contribution in [3.63, 3.8) is 0 Å². The topological polar surface area (TPSA) is 44.1 Å². The summed E-state index contributed by atoms with van der Waals surface area (Å²) in [5, 5.41) is 4.49. The first-order valence-corrected chi connectivity index (χ1v) is 5.44. The van der Waals surface area contributed by atoms with Gasteiger partial charge in [-0.3, -0.25) is 4.68 Å². The monoisotopic (exact) mass is 250 g/mol. The lowest BCUT2D eigenvalue weighted by atomic mass is 10.2. The summed E-state index contributed by atoms with van der Waals surface area (Å²) in [6.07, 6.45) is 3.07. The van der Waals surface area contributed by atoms with E-state index in [-0.39, 0.29) is 6.61 Å². The van der Waals surface area contributed by atoms with E-state index >= 15 is 0 Å². The van der Waals surface area contributed by atoms with E-state index < -0.39 is 5.97 Å². The van der Waals surface area contributed by atoms with Crippen molar-refractivity contribution in [2.24, 2.45) is 7.05 Å². The number of rotatable bonds is 3. The lowest BCUT2D eigenvalue weighted by Gasteiger charge is -2.04. The molecule has 0 saturated carbocycles. The number of aromatic nitrogens is 2. The fraction of sp³-hybridized carbons (Fsp3) is 0.167. The van der Waals surface area contributed by atoms with E-state index in [1.165, 1.54) is 6.20 Å². The molecule has 0 spiro atoms. The lowest BCUT2D eigenvalue weighted by Crippen LogP contribution is -2.04. The van der Waals surface area contributed by atoms with E-state index in [1.54, 1.807) is 24.0 Å².